The fourth-order valence-electron chi connectivity index (χ4n) is 1.41. The van der Waals surface area contributed by atoms with Gasteiger partial charge in [-0.25, -0.2) is 5.48 Å². The Morgan fingerprint density at radius 1 is 1.57 bits per heavy atom. The topological polar surface area (TPSA) is 59.6 Å². The van der Waals surface area contributed by atoms with Crippen LogP contribution in [-0.2, 0) is 14.4 Å². The van der Waals surface area contributed by atoms with Gasteiger partial charge in [-0.05, 0) is 19.4 Å². The lowest BCUT2D eigenvalue weighted by atomic mass is 9.99. The van der Waals surface area contributed by atoms with Crippen molar-refractivity contribution in [3.8, 4) is 0 Å². The Morgan fingerprint density at radius 3 is 3.07 bits per heavy atom. The van der Waals surface area contributed by atoms with Crippen molar-refractivity contribution in [3.63, 3.8) is 0 Å². The predicted octanol–water partition coefficient (Wildman–Crippen LogP) is -0.320. The van der Waals surface area contributed by atoms with E-state index in [0.717, 1.165) is 25.9 Å². The van der Waals surface area contributed by atoms with Crippen molar-refractivity contribution in [2.45, 2.75) is 12.8 Å². The van der Waals surface area contributed by atoms with Gasteiger partial charge in [0.15, 0.2) is 0 Å². The van der Waals surface area contributed by atoms with Crippen LogP contribution in [-0.4, -0.2) is 39.3 Å². The highest BCUT2D eigenvalue weighted by Gasteiger charge is 2.20. The molecule has 1 atom stereocenters. The quantitative estimate of drug-likeness (QED) is 0.474. The molecule has 14 heavy (non-hydrogen) atoms. The van der Waals surface area contributed by atoms with Crippen LogP contribution in [0.15, 0.2) is 0 Å². The molecular formula is C9H18N2O3. The number of piperidine rings is 1. The standard InChI is InChI=1S/C9H18N2O3/c1-13-5-6-14-11-9(12)8-3-2-4-10-7-8/h8,10H,2-7H2,1H3,(H,11,12). The zero-order valence-electron chi connectivity index (χ0n) is 8.54. The molecule has 1 fully saturated rings. The van der Waals surface area contributed by atoms with Crippen LogP contribution in [0.3, 0.4) is 0 Å². The van der Waals surface area contributed by atoms with E-state index in [9.17, 15) is 4.79 Å². The minimum atomic E-state index is -0.0340. The maximum Gasteiger partial charge on any atom is 0.247 e. The number of hydroxylamine groups is 1. The molecule has 2 N–H and O–H groups in total. The van der Waals surface area contributed by atoms with E-state index in [1.807, 2.05) is 0 Å². The Hall–Kier alpha value is -0.650. The zero-order valence-corrected chi connectivity index (χ0v) is 8.54. The van der Waals surface area contributed by atoms with E-state index in [-0.39, 0.29) is 11.8 Å². The SMILES string of the molecule is COCCONC(=O)C1CCCNC1. The molecule has 1 rings (SSSR count). The number of rotatable bonds is 5. The molecule has 5 heteroatoms. The molecule has 0 saturated carbocycles. The van der Waals surface area contributed by atoms with E-state index in [1.54, 1.807) is 7.11 Å². The number of ether oxygens (including phenoxy) is 1. The number of hydrogen-bond donors (Lipinski definition) is 2. The number of nitrogens with one attached hydrogen (secondary N) is 2. The van der Waals surface area contributed by atoms with Crippen LogP contribution in [0, 0.1) is 5.92 Å². The van der Waals surface area contributed by atoms with Crippen LogP contribution < -0.4 is 10.8 Å². The minimum absolute atomic E-state index is 0.0340. The van der Waals surface area contributed by atoms with E-state index in [1.165, 1.54) is 0 Å². The second-order valence-electron chi connectivity index (χ2n) is 3.35. The van der Waals surface area contributed by atoms with Crippen LogP contribution in [0.5, 0.6) is 0 Å². The molecule has 0 radical (unpaired) electrons. The van der Waals surface area contributed by atoms with Crippen molar-refractivity contribution in [2.24, 2.45) is 5.92 Å². The molecule has 1 amide bonds. The van der Waals surface area contributed by atoms with Crippen LogP contribution in [0.4, 0.5) is 0 Å². The molecule has 82 valence electrons. The highest BCUT2D eigenvalue weighted by Crippen LogP contribution is 2.09. The van der Waals surface area contributed by atoms with E-state index in [4.69, 9.17) is 9.57 Å². The zero-order chi connectivity index (χ0) is 10.2. The molecule has 0 aromatic heterocycles. The monoisotopic (exact) mass is 202 g/mol. The van der Waals surface area contributed by atoms with Crippen LogP contribution in [0.1, 0.15) is 12.8 Å². The Labute approximate surface area is 84.1 Å². The average molecular weight is 202 g/mol. The second-order valence-corrected chi connectivity index (χ2v) is 3.35. The lowest BCUT2D eigenvalue weighted by molar-refractivity contribution is -0.139. The molecule has 1 saturated heterocycles. The molecule has 0 aromatic carbocycles. The lowest BCUT2D eigenvalue weighted by Crippen LogP contribution is -2.40. The van der Waals surface area contributed by atoms with Gasteiger partial charge >= 0.3 is 0 Å². The number of carbonyl (C=O) groups excluding carboxylic acids is 1. The van der Waals surface area contributed by atoms with Crippen molar-refractivity contribution < 1.29 is 14.4 Å². The highest BCUT2D eigenvalue weighted by molar-refractivity contribution is 5.77. The van der Waals surface area contributed by atoms with E-state index in [0.29, 0.717) is 13.2 Å². The maximum atomic E-state index is 11.4. The summed E-state index contributed by atoms with van der Waals surface area (Å²) in [6.45, 7) is 2.64. The van der Waals surface area contributed by atoms with Crippen LogP contribution in [0.2, 0.25) is 0 Å². The molecule has 0 bridgehead atoms. The molecule has 1 unspecified atom stereocenters. The average Bonchev–Trinajstić information content (AvgIpc) is 2.25. The van der Waals surface area contributed by atoms with Crippen molar-refractivity contribution in [1.82, 2.24) is 10.8 Å². The third-order valence-corrected chi connectivity index (χ3v) is 2.23. The first-order valence-electron chi connectivity index (χ1n) is 4.96. The summed E-state index contributed by atoms with van der Waals surface area (Å²) in [5.41, 5.74) is 2.43. The summed E-state index contributed by atoms with van der Waals surface area (Å²) in [7, 11) is 1.59. The molecular weight excluding hydrogens is 184 g/mol. The summed E-state index contributed by atoms with van der Waals surface area (Å²) >= 11 is 0. The third-order valence-electron chi connectivity index (χ3n) is 2.23. The first-order chi connectivity index (χ1) is 6.84. The first-order valence-corrected chi connectivity index (χ1v) is 4.96. The Kier molecular flexibility index (Phi) is 5.51. The molecule has 5 nitrogen and oxygen atoms in total. The first kappa shape index (κ1) is 11.4. The van der Waals surface area contributed by atoms with Gasteiger partial charge in [-0.2, -0.15) is 0 Å². The Balaban J connectivity index is 2.07. The predicted molar refractivity (Wildman–Crippen MR) is 51.6 cm³/mol. The van der Waals surface area contributed by atoms with Crippen molar-refractivity contribution in [2.75, 3.05) is 33.4 Å². The number of amides is 1. The Morgan fingerprint density at radius 2 is 2.43 bits per heavy atom. The molecule has 1 aliphatic heterocycles. The van der Waals surface area contributed by atoms with Gasteiger partial charge in [0, 0.05) is 13.7 Å². The van der Waals surface area contributed by atoms with Gasteiger partial charge in [0.25, 0.3) is 0 Å². The number of methoxy groups -OCH3 is 1. The van der Waals surface area contributed by atoms with Crippen molar-refractivity contribution in [3.05, 3.63) is 0 Å². The molecule has 1 aliphatic rings. The van der Waals surface area contributed by atoms with Gasteiger partial charge in [0.1, 0.15) is 0 Å². The molecule has 0 aliphatic carbocycles. The smallest absolute Gasteiger partial charge is 0.247 e. The normalized spacial score (nSPS) is 21.9. The largest absolute Gasteiger partial charge is 0.382 e. The highest BCUT2D eigenvalue weighted by atomic mass is 16.7. The summed E-state index contributed by atoms with van der Waals surface area (Å²) in [6.07, 6.45) is 1.99. The van der Waals surface area contributed by atoms with Gasteiger partial charge in [-0.1, -0.05) is 0 Å². The minimum Gasteiger partial charge on any atom is -0.382 e. The summed E-state index contributed by atoms with van der Waals surface area (Å²) in [4.78, 5) is 16.4. The Bertz CT molecular complexity index is 169. The van der Waals surface area contributed by atoms with E-state index in [2.05, 4.69) is 10.8 Å². The van der Waals surface area contributed by atoms with E-state index >= 15 is 0 Å². The fraction of sp³-hybridized carbons (Fsp3) is 0.889. The fourth-order valence-corrected chi connectivity index (χ4v) is 1.41. The summed E-state index contributed by atoms with van der Waals surface area (Å²) in [5, 5.41) is 3.18. The van der Waals surface area contributed by atoms with Crippen LogP contribution in [0.25, 0.3) is 0 Å². The third kappa shape index (κ3) is 4.04. The van der Waals surface area contributed by atoms with Crippen molar-refractivity contribution >= 4 is 5.91 Å². The molecule has 0 spiro atoms. The second kappa shape index (κ2) is 6.75. The van der Waals surface area contributed by atoms with Gasteiger partial charge < -0.3 is 10.1 Å². The summed E-state index contributed by atoms with van der Waals surface area (Å²) in [5.74, 6) is 0.0135. The summed E-state index contributed by atoms with van der Waals surface area (Å²) < 4.78 is 4.78. The van der Waals surface area contributed by atoms with E-state index < -0.39 is 0 Å². The number of hydrogen-bond acceptors (Lipinski definition) is 4. The van der Waals surface area contributed by atoms with Gasteiger partial charge in [-0.3, -0.25) is 9.63 Å². The van der Waals surface area contributed by atoms with Crippen LogP contribution >= 0.6 is 0 Å². The summed E-state index contributed by atoms with van der Waals surface area (Å²) in [6, 6.07) is 0. The van der Waals surface area contributed by atoms with Gasteiger partial charge in [-0.15, -0.1) is 0 Å². The maximum absolute atomic E-state index is 11.4. The molecule has 0 aromatic rings. The lowest BCUT2D eigenvalue weighted by Gasteiger charge is -2.21. The van der Waals surface area contributed by atoms with Gasteiger partial charge in [0.05, 0.1) is 19.1 Å². The molecule has 1 heterocycles. The van der Waals surface area contributed by atoms with Gasteiger partial charge in [0.2, 0.25) is 5.91 Å². The number of carbonyl (C=O) groups is 1. The van der Waals surface area contributed by atoms with Crippen molar-refractivity contribution in [1.29, 1.82) is 0 Å².